The van der Waals surface area contributed by atoms with Crippen LogP contribution in [0.3, 0.4) is 0 Å². The van der Waals surface area contributed by atoms with E-state index in [1.165, 1.54) is 11.1 Å². The Morgan fingerprint density at radius 3 is 2.31 bits per heavy atom. The van der Waals surface area contributed by atoms with Crippen LogP contribution in [0.5, 0.6) is 0 Å². The van der Waals surface area contributed by atoms with E-state index in [1.807, 2.05) is 36.1 Å². The van der Waals surface area contributed by atoms with Crippen molar-refractivity contribution in [3.63, 3.8) is 0 Å². The third kappa shape index (κ3) is 3.65. The molecule has 29 heavy (non-hydrogen) atoms. The first-order valence-electron chi connectivity index (χ1n) is 10.3. The van der Waals surface area contributed by atoms with Crippen molar-refractivity contribution < 1.29 is 4.79 Å². The maximum absolute atomic E-state index is 13.6. The molecular formula is C26H28N2O. The molecule has 1 heterocycles. The normalized spacial score (nSPS) is 18.3. The summed E-state index contributed by atoms with van der Waals surface area (Å²) in [4.78, 5) is 15.6. The van der Waals surface area contributed by atoms with Crippen molar-refractivity contribution in [2.45, 2.75) is 46.2 Å². The van der Waals surface area contributed by atoms with Gasteiger partial charge in [0.25, 0.3) is 5.91 Å². The molecule has 2 atom stereocenters. The lowest BCUT2D eigenvalue weighted by atomic mass is 9.88. The highest BCUT2D eigenvalue weighted by Crippen LogP contribution is 2.41. The zero-order chi connectivity index (χ0) is 20.5. The maximum atomic E-state index is 13.6. The molecule has 1 N–H and O–H groups in total. The number of carbonyl (C=O) groups excluding carboxylic acids is 1. The van der Waals surface area contributed by atoms with Crippen LogP contribution < -0.4 is 10.2 Å². The van der Waals surface area contributed by atoms with Crippen LogP contribution in [-0.2, 0) is 0 Å². The highest BCUT2D eigenvalue weighted by atomic mass is 16.2. The van der Waals surface area contributed by atoms with Crippen LogP contribution in [0.25, 0.3) is 0 Å². The fraction of sp³-hybridized carbons (Fsp3) is 0.269. The summed E-state index contributed by atoms with van der Waals surface area (Å²) < 4.78 is 0. The number of aryl methyl sites for hydroxylation is 3. The number of rotatable bonds is 3. The van der Waals surface area contributed by atoms with Gasteiger partial charge >= 0.3 is 0 Å². The molecule has 0 radical (unpaired) electrons. The second-order valence-electron chi connectivity index (χ2n) is 8.15. The molecule has 4 rings (SSSR count). The Balaban J connectivity index is 1.74. The van der Waals surface area contributed by atoms with Crippen LogP contribution in [0.1, 0.15) is 52.0 Å². The number of carbonyl (C=O) groups is 1. The number of hydrogen-bond acceptors (Lipinski definition) is 2. The summed E-state index contributed by atoms with van der Waals surface area (Å²) in [6.45, 7) is 8.34. The van der Waals surface area contributed by atoms with Crippen LogP contribution in [-0.4, -0.2) is 11.9 Å². The van der Waals surface area contributed by atoms with Crippen LogP contribution in [0.2, 0.25) is 0 Å². The molecule has 0 saturated carbocycles. The molecule has 3 nitrogen and oxygen atoms in total. The van der Waals surface area contributed by atoms with Gasteiger partial charge in [-0.3, -0.25) is 4.79 Å². The predicted molar refractivity (Wildman–Crippen MR) is 121 cm³/mol. The summed E-state index contributed by atoms with van der Waals surface area (Å²) >= 11 is 0. The van der Waals surface area contributed by atoms with Crippen molar-refractivity contribution in [2.24, 2.45) is 0 Å². The van der Waals surface area contributed by atoms with Gasteiger partial charge < -0.3 is 10.2 Å². The lowest BCUT2D eigenvalue weighted by Crippen LogP contribution is -2.45. The summed E-state index contributed by atoms with van der Waals surface area (Å²) in [5, 5.41) is 3.69. The highest BCUT2D eigenvalue weighted by molar-refractivity contribution is 6.08. The second-order valence-corrected chi connectivity index (χ2v) is 8.15. The number of anilines is 2. The van der Waals surface area contributed by atoms with Crippen molar-refractivity contribution in [3.8, 4) is 0 Å². The minimum atomic E-state index is 0.0833. The van der Waals surface area contributed by atoms with E-state index >= 15 is 0 Å². The Hall–Kier alpha value is -3.07. The first-order valence-corrected chi connectivity index (χ1v) is 10.3. The third-order valence-electron chi connectivity index (χ3n) is 5.89. The fourth-order valence-electron chi connectivity index (χ4n) is 4.32. The van der Waals surface area contributed by atoms with Gasteiger partial charge in [0.15, 0.2) is 0 Å². The fourth-order valence-corrected chi connectivity index (χ4v) is 4.32. The van der Waals surface area contributed by atoms with Crippen LogP contribution in [0.15, 0.2) is 66.7 Å². The number of benzene rings is 3. The van der Waals surface area contributed by atoms with Gasteiger partial charge in [0, 0.05) is 17.3 Å². The van der Waals surface area contributed by atoms with Gasteiger partial charge in [-0.1, -0.05) is 54.1 Å². The number of fused-ring (bicyclic) bond motifs is 1. The van der Waals surface area contributed by atoms with E-state index in [1.54, 1.807) is 0 Å². The molecule has 1 aliphatic heterocycles. The zero-order valence-electron chi connectivity index (χ0n) is 17.6. The van der Waals surface area contributed by atoms with Crippen molar-refractivity contribution in [1.29, 1.82) is 0 Å². The molecule has 1 aliphatic rings. The van der Waals surface area contributed by atoms with Crippen molar-refractivity contribution in [1.82, 2.24) is 0 Å². The molecule has 0 unspecified atom stereocenters. The van der Waals surface area contributed by atoms with Gasteiger partial charge in [-0.05, 0) is 69.0 Å². The number of hydrogen-bond donors (Lipinski definition) is 1. The summed E-state index contributed by atoms with van der Waals surface area (Å²) in [5.41, 5.74) is 7.51. The first kappa shape index (κ1) is 19.3. The van der Waals surface area contributed by atoms with Gasteiger partial charge in [0.05, 0.1) is 11.7 Å². The Morgan fingerprint density at radius 1 is 0.897 bits per heavy atom. The van der Waals surface area contributed by atoms with Crippen LogP contribution in [0.4, 0.5) is 11.4 Å². The number of nitrogens with one attached hydrogen (secondary N) is 1. The largest absolute Gasteiger partial charge is 0.378 e. The molecule has 1 amide bonds. The smallest absolute Gasteiger partial charge is 0.258 e. The minimum Gasteiger partial charge on any atom is -0.378 e. The average Bonchev–Trinajstić information content (AvgIpc) is 2.70. The van der Waals surface area contributed by atoms with Gasteiger partial charge in [0.2, 0.25) is 0 Å². The Bertz CT molecular complexity index is 1040. The van der Waals surface area contributed by atoms with Gasteiger partial charge in [0.1, 0.15) is 0 Å². The number of amides is 1. The van der Waals surface area contributed by atoms with Crippen molar-refractivity contribution in [2.75, 3.05) is 10.2 Å². The standard InChI is InChI=1S/C26H28N2O/c1-17-12-14-21(15-13-17)27-24-16-20(4)28(25-19(3)9-7-11-23(24)25)26(29)22-10-6-5-8-18(22)2/h5-15,20,24,27H,16H2,1-4H3/t20-,24-/m1/s1. The van der Waals surface area contributed by atoms with Gasteiger partial charge in [-0.15, -0.1) is 0 Å². The van der Waals surface area contributed by atoms with Crippen molar-refractivity contribution >= 4 is 17.3 Å². The average molecular weight is 385 g/mol. The molecule has 0 spiro atoms. The van der Waals surface area contributed by atoms with E-state index in [2.05, 4.69) is 68.6 Å². The van der Waals surface area contributed by atoms with E-state index in [4.69, 9.17) is 0 Å². The number of nitrogens with zero attached hydrogens (tertiary/aromatic N) is 1. The monoisotopic (exact) mass is 384 g/mol. The molecule has 148 valence electrons. The molecule has 3 aromatic rings. The lowest BCUT2D eigenvalue weighted by Gasteiger charge is -2.41. The lowest BCUT2D eigenvalue weighted by molar-refractivity contribution is 0.0973. The third-order valence-corrected chi connectivity index (χ3v) is 5.89. The molecular weight excluding hydrogens is 356 g/mol. The summed E-state index contributed by atoms with van der Waals surface area (Å²) in [6.07, 6.45) is 0.863. The SMILES string of the molecule is Cc1ccc(N[C@@H]2C[C@@H](C)N(C(=O)c3ccccc3C)c3c(C)cccc32)cc1. The van der Waals surface area contributed by atoms with Crippen LogP contribution in [0, 0.1) is 20.8 Å². The quantitative estimate of drug-likeness (QED) is 0.583. The van der Waals surface area contributed by atoms with E-state index < -0.39 is 0 Å². The minimum absolute atomic E-state index is 0.0833. The molecule has 0 saturated heterocycles. The predicted octanol–water partition coefficient (Wildman–Crippen LogP) is 6.20. The molecule has 3 aromatic carbocycles. The highest BCUT2D eigenvalue weighted by Gasteiger charge is 2.35. The Kier molecular flexibility index (Phi) is 5.14. The van der Waals surface area contributed by atoms with E-state index in [0.29, 0.717) is 0 Å². The molecule has 0 fully saturated rings. The van der Waals surface area contributed by atoms with Gasteiger partial charge in [-0.2, -0.15) is 0 Å². The second kappa shape index (κ2) is 7.75. The topological polar surface area (TPSA) is 32.3 Å². The molecule has 0 aliphatic carbocycles. The molecule has 0 aromatic heterocycles. The summed E-state index contributed by atoms with van der Waals surface area (Å²) in [6, 6.07) is 23.0. The Morgan fingerprint density at radius 2 is 1.59 bits per heavy atom. The van der Waals surface area contributed by atoms with Crippen LogP contribution >= 0.6 is 0 Å². The zero-order valence-corrected chi connectivity index (χ0v) is 17.6. The van der Waals surface area contributed by atoms with Gasteiger partial charge in [-0.25, -0.2) is 0 Å². The summed E-state index contributed by atoms with van der Waals surface area (Å²) in [5.74, 6) is 0.0833. The number of para-hydroxylation sites is 1. The first-order chi connectivity index (χ1) is 14.0. The van der Waals surface area contributed by atoms with Crippen molar-refractivity contribution in [3.05, 3.63) is 94.5 Å². The molecule has 0 bridgehead atoms. The Labute approximate surface area is 173 Å². The maximum Gasteiger partial charge on any atom is 0.258 e. The summed E-state index contributed by atoms with van der Waals surface area (Å²) in [7, 11) is 0. The van der Waals surface area contributed by atoms with E-state index in [0.717, 1.165) is 34.5 Å². The van der Waals surface area contributed by atoms with E-state index in [-0.39, 0.29) is 18.0 Å². The molecule has 3 heteroatoms. The van der Waals surface area contributed by atoms with E-state index in [9.17, 15) is 4.79 Å².